The van der Waals surface area contributed by atoms with Gasteiger partial charge in [0.2, 0.25) is 5.91 Å². The molecule has 7 heteroatoms. The smallest absolute Gasteiger partial charge is 0.248 e. The zero-order chi connectivity index (χ0) is 19.9. The van der Waals surface area contributed by atoms with Crippen molar-refractivity contribution in [2.75, 3.05) is 12.4 Å². The molecule has 0 aliphatic heterocycles. The minimum absolute atomic E-state index is 0.254. The van der Waals surface area contributed by atoms with Gasteiger partial charge in [0.1, 0.15) is 6.61 Å². The Balaban J connectivity index is 1.67. The number of methoxy groups -OCH3 is 1. The van der Waals surface area contributed by atoms with E-state index in [1.165, 1.54) is 6.08 Å². The van der Waals surface area contributed by atoms with Crippen LogP contribution in [0.2, 0.25) is 5.02 Å². The van der Waals surface area contributed by atoms with E-state index in [1.54, 1.807) is 54.4 Å². The number of halogens is 1. The minimum Gasteiger partial charge on any atom is -0.493 e. The maximum atomic E-state index is 12.1. The standard InChI is InChI=1S/C21H20ClN3O3/c1-25-13-16(12-23-25)14-28-20-10-15(6-8-19(20)27-2)7-9-21(26)24-18-5-3-4-17(22)11-18/h3-13H,14H2,1-2H3,(H,24,26)/b9-7+. The molecule has 3 rings (SSSR count). The third-order valence-electron chi connectivity index (χ3n) is 3.86. The summed E-state index contributed by atoms with van der Waals surface area (Å²) in [7, 11) is 3.43. The predicted molar refractivity (Wildman–Crippen MR) is 110 cm³/mol. The van der Waals surface area contributed by atoms with Crippen LogP contribution >= 0.6 is 11.6 Å². The summed E-state index contributed by atoms with van der Waals surface area (Å²) in [5.41, 5.74) is 2.40. The van der Waals surface area contributed by atoms with Crippen molar-refractivity contribution in [2.24, 2.45) is 7.05 Å². The number of nitrogens with zero attached hydrogens (tertiary/aromatic N) is 2. The molecule has 0 bridgehead atoms. The molecule has 0 saturated heterocycles. The molecule has 0 atom stereocenters. The fourth-order valence-corrected chi connectivity index (χ4v) is 2.73. The number of aromatic nitrogens is 2. The van der Waals surface area contributed by atoms with Gasteiger partial charge in [0.25, 0.3) is 0 Å². The minimum atomic E-state index is -0.254. The molecule has 1 amide bonds. The van der Waals surface area contributed by atoms with E-state index in [-0.39, 0.29) is 5.91 Å². The highest BCUT2D eigenvalue weighted by molar-refractivity contribution is 6.30. The van der Waals surface area contributed by atoms with Gasteiger partial charge in [-0.05, 0) is 42.0 Å². The molecule has 0 unspecified atom stereocenters. The molecule has 3 aromatic rings. The summed E-state index contributed by atoms with van der Waals surface area (Å²) < 4.78 is 12.9. The third-order valence-corrected chi connectivity index (χ3v) is 4.09. The fourth-order valence-electron chi connectivity index (χ4n) is 2.54. The Morgan fingerprint density at radius 1 is 1.25 bits per heavy atom. The van der Waals surface area contributed by atoms with Crippen LogP contribution in [-0.2, 0) is 18.4 Å². The maximum Gasteiger partial charge on any atom is 0.248 e. The van der Waals surface area contributed by atoms with Gasteiger partial charge in [0.15, 0.2) is 11.5 Å². The maximum absolute atomic E-state index is 12.1. The first kappa shape index (κ1) is 19.5. The number of aryl methyl sites for hydroxylation is 1. The molecule has 0 aliphatic carbocycles. The summed E-state index contributed by atoms with van der Waals surface area (Å²) in [4.78, 5) is 12.1. The van der Waals surface area contributed by atoms with E-state index in [4.69, 9.17) is 21.1 Å². The Morgan fingerprint density at radius 2 is 2.11 bits per heavy atom. The van der Waals surface area contributed by atoms with E-state index in [1.807, 2.05) is 25.4 Å². The van der Waals surface area contributed by atoms with Gasteiger partial charge < -0.3 is 14.8 Å². The van der Waals surface area contributed by atoms with E-state index < -0.39 is 0 Å². The van der Waals surface area contributed by atoms with Gasteiger partial charge >= 0.3 is 0 Å². The number of rotatable bonds is 7. The Morgan fingerprint density at radius 3 is 2.82 bits per heavy atom. The molecule has 1 aromatic heterocycles. The molecule has 28 heavy (non-hydrogen) atoms. The van der Waals surface area contributed by atoms with Crippen LogP contribution in [0.4, 0.5) is 5.69 Å². The number of amides is 1. The number of carbonyl (C=O) groups is 1. The van der Waals surface area contributed by atoms with Crippen LogP contribution in [0.5, 0.6) is 11.5 Å². The summed E-state index contributed by atoms with van der Waals surface area (Å²) in [5.74, 6) is 0.948. The lowest BCUT2D eigenvalue weighted by Gasteiger charge is -2.10. The van der Waals surface area contributed by atoms with Crippen molar-refractivity contribution in [1.29, 1.82) is 0 Å². The van der Waals surface area contributed by atoms with Gasteiger partial charge in [-0.3, -0.25) is 9.48 Å². The van der Waals surface area contributed by atoms with Gasteiger partial charge in [0, 0.05) is 35.6 Å². The summed E-state index contributed by atoms with van der Waals surface area (Å²) in [6, 6.07) is 12.4. The van der Waals surface area contributed by atoms with E-state index in [0.717, 1.165) is 11.1 Å². The SMILES string of the molecule is COc1ccc(/C=C/C(=O)Nc2cccc(Cl)c2)cc1OCc1cnn(C)c1. The summed E-state index contributed by atoms with van der Waals surface area (Å²) in [6.07, 6.45) is 6.79. The highest BCUT2D eigenvalue weighted by Gasteiger charge is 2.07. The fraction of sp³-hybridized carbons (Fsp3) is 0.143. The van der Waals surface area contributed by atoms with Crippen molar-refractivity contribution in [1.82, 2.24) is 9.78 Å². The molecule has 144 valence electrons. The highest BCUT2D eigenvalue weighted by atomic mass is 35.5. The largest absolute Gasteiger partial charge is 0.493 e. The van der Waals surface area contributed by atoms with Gasteiger partial charge in [-0.2, -0.15) is 5.10 Å². The van der Waals surface area contributed by atoms with Crippen LogP contribution in [0.1, 0.15) is 11.1 Å². The molecule has 0 spiro atoms. The van der Waals surface area contributed by atoms with Crippen molar-refractivity contribution >= 4 is 29.3 Å². The van der Waals surface area contributed by atoms with Crippen LogP contribution < -0.4 is 14.8 Å². The zero-order valence-corrected chi connectivity index (χ0v) is 16.3. The lowest BCUT2D eigenvalue weighted by atomic mass is 10.2. The van der Waals surface area contributed by atoms with E-state index >= 15 is 0 Å². The number of anilines is 1. The monoisotopic (exact) mass is 397 g/mol. The second-order valence-corrected chi connectivity index (χ2v) is 6.49. The Bertz CT molecular complexity index is 998. The second-order valence-electron chi connectivity index (χ2n) is 6.05. The number of ether oxygens (including phenoxy) is 2. The number of nitrogens with one attached hydrogen (secondary N) is 1. The first-order valence-corrected chi connectivity index (χ1v) is 8.94. The van der Waals surface area contributed by atoms with Crippen LogP contribution in [-0.4, -0.2) is 22.8 Å². The Labute approximate surface area is 168 Å². The zero-order valence-electron chi connectivity index (χ0n) is 15.6. The average molecular weight is 398 g/mol. The quantitative estimate of drug-likeness (QED) is 0.603. The molecule has 1 heterocycles. The van der Waals surface area contributed by atoms with Crippen LogP contribution in [0, 0.1) is 0 Å². The van der Waals surface area contributed by atoms with Crippen LogP contribution in [0.15, 0.2) is 60.9 Å². The van der Waals surface area contributed by atoms with Crippen molar-refractivity contribution in [3.8, 4) is 11.5 Å². The van der Waals surface area contributed by atoms with Crippen molar-refractivity contribution < 1.29 is 14.3 Å². The summed E-state index contributed by atoms with van der Waals surface area (Å²) >= 11 is 5.92. The van der Waals surface area contributed by atoms with E-state index in [9.17, 15) is 4.79 Å². The number of benzene rings is 2. The third kappa shape index (κ3) is 5.37. The summed E-state index contributed by atoms with van der Waals surface area (Å²) in [5, 5.41) is 7.45. The molecule has 0 fully saturated rings. The number of carbonyl (C=O) groups excluding carboxylic acids is 1. The first-order valence-electron chi connectivity index (χ1n) is 8.56. The molecular weight excluding hydrogens is 378 g/mol. The first-order chi connectivity index (χ1) is 13.5. The lowest BCUT2D eigenvalue weighted by Crippen LogP contribution is -2.07. The van der Waals surface area contributed by atoms with Crippen LogP contribution in [0.25, 0.3) is 6.08 Å². The van der Waals surface area contributed by atoms with Gasteiger partial charge in [-0.1, -0.05) is 23.7 Å². The molecule has 0 aliphatic rings. The van der Waals surface area contributed by atoms with Crippen molar-refractivity contribution in [2.45, 2.75) is 6.61 Å². The van der Waals surface area contributed by atoms with Gasteiger partial charge in [0.05, 0.1) is 13.3 Å². The van der Waals surface area contributed by atoms with E-state index in [2.05, 4.69) is 10.4 Å². The van der Waals surface area contributed by atoms with Gasteiger partial charge in [-0.15, -0.1) is 0 Å². The lowest BCUT2D eigenvalue weighted by molar-refractivity contribution is -0.111. The Kier molecular flexibility index (Phi) is 6.34. The van der Waals surface area contributed by atoms with E-state index in [0.29, 0.717) is 28.8 Å². The van der Waals surface area contributed by atoms with Crippen molar-refractivity contribution in [3.05, 3.63) is 77.1 Å². The summed E-state index contributed by atoms with van der Waals surface area (Å²) in [6.45, 7) is 0.368. The number of hydrogen-bond acceptors (Lipinski definition) is 4. The highest BCUT2D eigenvalue weighted by Crippen LogP contribution is 2.29. The molecule has 1 N–H and O–H groups in total. The average Bonchev–Trinajstić information content (AvgIpc) is 3.10. The number of hydrogen-bond donors (Lipinski definition) is 1. The second kappa shape index (κ2) is 9.10. The normalized spacial score (nSPS) is 10.8. The van der Waals surface area contributed by atoms with Crippen molar-refractivity contribution in [3.63, 3.8) is 0 Å². The molecule has 0 saturated carbocycles. The van der Waals surface area contributed by atoms with Crippen LogP contribution in [0.3, 0.4) is 0 Å². The molecule has 2 aromatic carbocycles. The predicted octanol–water partition coefficient (Wildman–Crippen LogP) is 4.31. The molecule has 0 radical (unpaired) electrons. The molecular formula is C21H20ClN3O3. The van der Waals surface area contributed by atoms with Gasteiger partial charge in [-0.25, -0.2) is 0 Å². The topological polar surface area (TPSA) is 65.4 Å². The Hall–Kier alpha value is -3.25. The molecule has 6 nitrogen and oxygen atoms in total.